The van der Waals surface area contributed by atoms with Crippen molar-refractivity contribution in [1.29, 1.82) is 0 Å². The summed E-state index contributed by atoms with van der Waals surface area (Å²) in [7, 11) is 3.47. The van der Waals surface area contributed by atoms with Crippen LogP contribution >= 0.6 is 15.9 Å². The van der Waals surface area contributed by atoms with Crippen molar-refractivity contribution in [2.45, 2.75) is 13.0 Å². The average molecular weight is 301 g/mol. The maximum atomic E-state index is 11.1. The zero-order valence-corrected chi connectivity index (χ0v) is 11.8. The number of likely N-dealkylation sites (N-methyl/N-ethyl adjacent to an activating group) is 1. The smallest absolute Gasteiger partial charge is 0.257 e. The van der Waals surface area contributed by atoms with E-state index in [1.165, 1.54) is 0 Å². The number of benzene rings is 1. The number of hydrogen-bond donors (Lipinski definition) is 2. The summed E-state index contributed by atoms with van der Waals surface area (Å²) in [6.07, 6.45) is 0. The second-order valence-electron chi connectivity index (χ2n) is 3.65. The van der Waals surface area contributed by atoms with Crippen LogP contribution in [0.25, 0.3) is 0 Å². The van der Waals surface area contributed by atoms with Gasteiger partial charge >= 0.3 is 0 Å². The zero-order chi connectivity index (χ0) is 12.8. The molecule has 1 rings (SSSR count). The van der Waals surface area contributed by atoms with Crippen molar-refractivity contribution >= 4 is 21.8 Å². The summed E-state index contributed by atoms with van der Waals surface area (Å²) in [5.41, 5.74) is 1.02. The van der Waals surface area contributed by atoms with E-state index in [9.17, 15) is 4.79 Å². The molecule has 94 valence electrons. The first-order valence-electron chi connectivity index (χ1n) is 5.38. The van der Waals surface area contributed by atoms with E-state index in [1.54, 1.807) is 7.05 Å². The van der Waals surface area contributed by atoms with Crippen molar-refractivity contribution in [1.82, 2.24) is 10.6 Å². The first kappa shape index (κ1) is 14.0. The van der Waals surface area contributed by atoms with Gasteiger partial charge in [-0.05, 0) is 32.2 Å². The predicted molar refractivity (Wildman–Crippen MR) is 71.2 cm³/mol. The van der Waals surface area contributed by atoms with Gasteiger partial charge in [-0.15, -0.1) is 0 Å². The molecule has 4 nitrogen and oxygen atoms in total. The van der Waals surface area contributed by atoms with E-state index >= 15 is 0 Å². The molecule has 0 aliphatic rings. The lowest BCUT2D eigenvalue weighted by molar-refractivity contribution is -0.122. The molecule has 1 aromatic carbocycles. The molecule has 0 bridgehead atoms. The molecule has 0 aliphatic heterocycles. The van der Waals surface area contributed by atoms with Crippen LogP contribution in [0, 0.1) is 0 Å². The summed E-state index contributed by atoms with van der Waals surface area (Å²) >= 11 is 3.42. The molecule has 2 N–H and O–H groups in total. The topological polar surface area (TPSA) is 50.4 Å². The zero-order valence-electron chi connectivity index (χ0n) is 10.2. The second-order valence-corrected chi connectivity index (χ2v) is 4.57. The Balaban J connectivity index is 2.86. The van der Waals surface area contributed by atoms with Gasteiger partial charge in [0.05, 0.1) is 0 Å². The van der Waals surface area contributed by atoms with Crippen LogP contribution in [0.15, 0.2) is 22.7 Å². The summed E-state index contributed by atoms with van der Waals surface area (Å²) in [6, 6.07) is 5.90. The lowest BCUT2D eigenvalue weighted by atomic mass is 10.1. The first-order valence-corrected chi connectivity index (χ1v) is 6.18. The minimum absolute atomic E-state index is 0.0293. The van der Waals surface area contributed by atoms with Gasteiger partial charge in [0.15, 0.2) is 6.61 Å². The maximum Gasteiger partial charge on any atom is 0.257 e. The van der Waals surface area contributed by atoms with E-state index in [-0.39, 0.29) is 18.6 Å². The second kappa shape index (κ2) is 6.61. The van der Waals surface area contributed by atoms with Crippen molar-refractivity contribution in [3.8, 4) is 5.75 Å². The number of ether oxygens (including phenoxy) is 1. The lowest BCUT2D eigenvalue weighted by Crippen LogP contribution is -2.25. The Labute approximate surface area is 110 Å². The molecule has 0 aliphatic carbocycles. The van der Waals surface area contributed by atoms with E-state index in [2.05, 4.69) is 26.6 Å². The van der Waals surface area contributed by atoms with Gasteiger partial charge in [-0.25, -0.2) is 0 Å². The Morgan fingerprint density at radius 3 is 2.76 bits per heavy atom. The van der Waals surface area contributed by atoms with Crippen LogP contribution in [-0.2, 0) is 4.79 Å². The largest absolute Gasteiger partial charge is 0.483 e. The van der Waals surface area contributed by atoms with Gasteiger partial charge in [-0.3, -0.25) is 4.79 Å². The van der Waals surface area contributed by atoms with Crippen LogP contribution in [0.1, 0.15) is 18.5 Å². The SMILES string of the molecule is CNC(=O)COc1ccc(Br)cc1C(C)NC. The maximum absolute atomic E-state index is 11.1. The summed E-state index contributed by atoms with van der Waals surface area (Å²) in [6.45, 7) is 2.07. The van der Waals surface area contributed by atoms with Crippen molar-refractivity contribution < 1.29 is 9.53 Å². The molecule has 0 spiro atoms. The number of halogens is 1. The molecule has 0 aromatic heterocycles. The van der Waals surface area contributed by atoms with Gasteiger partial charge in [-0.2, -0.15) is 0 Å². The fourth-order valence-corrected chi connectivity index (χ4v) is 1.74. The van der Waals surface area contributed by atoms with Crippen molar-refractivity contribution in [3.63, 3.8) is 0 Å². The third-order valence-corrected chi connectivity index (χ3v) is 3.00. The average Bonchev–Trinajstić information content (AvgIpc) is 2.35. The summed E-state index contributed by atoms with van der Waals surface area (Å²) in [5, 5.41) is 5.67. The monoisotopic (exact) mass is 300 g/mol. The summed E-state index contributed by atoms with van der Waals surface area (Å²) in [4.78, 5) is 11.1. The highest BCUT2D eigenvalue weighted by Crippen LogP contribution is 2.28. The number of amides is 1. The standard InChI is InChI=1S/C12H17BrN2O2/c1-8(14-2)10-6-9(13)4-5-11(10)17-7-12(16)15-3/h4-6,8,14H,7H2,1-3H3,(H,15,16). The lowest BCUT2D eigenvalue weighted by Gasteiger charge is -2.16. The molecule has 1 unspecified atom stereocenters. The molecule has 1 aromatic rings. The first-order chi connectivity index (χ1) is 8.08. The van der Waals surface area contributed by atoms with Gasteiger partial charge in [0.2, 0.25) is 0 Å². The molecule has 1 atom stereocenters. The molecule has 0 radical (unpaired) electrons. The molecular weight excluding hydrogens is 284 g/mol. The fourth-order valence-electron chi connectivity index (χ4n) is 1.36. The molecule has 5 heteroatoms. The summed E-state index contributed by atoms with van der Waals surface area (Å²) < 4.78 is 6.48. The van der Waals surface area contributed by atoms with Crippen LogP contribution in [-0.4, -0.2) is 26.6 Å². The van der Waals surface area contributed by atoms with Gasteiger partial charge in [0, 0.05) is 23.1 Å². The van der Waals surface area contributed by atoms with Crippen molar-refractivity contribution in [3.05, 3.63) is 28.2 Å². The molecule has 0 saturated heterocycles. The van der Waals surface area contributed by atoms with Crippen LogP contribution in [0.3, 0.4) is 0 Å². The molecule has 1 amide bonds. The van der Waals surface area contributed by atoms with Gasteiger partial charge in [-0.1, -0.05) is 15.9 Å². The normalized spacial score (nSPS) is 12.0. The third-order valence-electron chi connectivity index (χ3n) is 2.51. The Morgan fingerprint density at radius 2 is 2.18 bits per heavy atom. The highest BCUT2D eigenvalue weighted by molar-refractivity contribution is 9.10. The molecule has 17 heavy (non-hydrogen) atoms. The minimum Gasteiger partial charge on any atom is -0.483 e. The number of carbonyl (C=O) groups excluding carboxylic acids is 1. The van der Waals surface area contributed by atoms with E-state index in [0.29, 0.717) is 0 Å². The third kappa shape index (κ3) is 4.02. The van der Waals surface area contributed by atoms with Gasteiger partial charge in [0.1, 0.15) is 5.75 Å². The van der Waals surface area contributed by atoms with Crippen LogP contribution < -0.4 is 15.4 Å². The van der Waals surface area contributed by atoms with E-state index in [0.717, 1.165) is 15.8 Å². The number of carbonyl (C=O) groups is 1. The minimum atomic E-state index is -0.143. The Morgan fingerprint density at radius 1 is 1.47 bits per heavy atom. The van der Waals surface area contributed by atoms with Crippen molar-refractivity contribution in [2.24, 2.45) is 0 Å². The fraction of sp³-hybridized carbons (Fsp3) is 0.417. The number of rotatable bonds is 5. The number of hydrogen-bond acceptors (Lipinski definition) is 3. The predicted octanol–water partition coefficient (Wildman–Crippen LogP) is 1.85. The number of nitrogens with one attached hydrogen (secondary N) is 2. The highest BCUT2D eigenvalue weighted by Gasteiger charge is 2.11. The van der Waals surface area contributed by atoms with Gasteiger partial charge in [0.25, 0.3) is 5.91 Å². The van der Waals surface area contributed by atoms with E-state index in [1.807, 2.05) is 32.2 Å². The Bertz CT molecular complexity index is 396. The van der Waals surface area contributed by atoms with E-state index < -0.39 is 0 Å². The Hall–Kier alpha value is -1.07. The van der Waals surface area contributed by atoms with Crippen LogP contribution in [0.4, 0.5) is 0 Å². The Kier molecular flexibility index (Phi) is 5.44. The molecular formula is C12H17BrN2O2. The summed E-state index contributed by atoms with van der Waals surface area (Å²) in [5.74, 6) is 0.578. The highest BCUT2D eigenvalue weighted by atomic mass is 79.9. The van der Waals surface area contributed by atoms with Gasteiger partial charge < -0.3 is 15.4 Å². The quantitative estimate of drug-likeness (QED) is 0.873. The van der Waals surface area contributed by atoms with Crippen LogP contribution in [0.2, 0.25) is 0 Å². The molecule has 0 saturated carbocycles. The van der Waals surface area contributed by atoms with Crippen molar-refractivity contribution in [2.75, 3.05) is 20.7 Å². The molecule has 0 fully saturated rings. The van der Waals surface area contributed by atoms with Crippen LogP contribution in [0.5, 0.6) is 5.75 Å². The molecule has 0 heterocycles. The van der Waals surface area contributed by atoms with E-state index in [4.69, 9.17) is 4.74 Å².